The van der Waals surface area contributed by atoms with Crippen molar-refractivity contribution < 1.29 is 5.11 Å². The molecule has 0 saturated carbocycles. The number of allylic oxidation sites excluding steroid dienone is 3. The molecule has 5 N–H and O–H groups in total. The topological polar surface area (TPSA) is 105 Å². The van der Waals surface area contributed by atoms with E-state index in [4.69, 9.17) is 11.5 Å². The number of anilines is 1. The molecule has 2 heterocycles. The number of nitrogens with zero attached hydrogens (tertiary/aromatic N) is 4. The summed E-state index contributed by atoms with van der Waals surface area (Å²) in [5, 5.41) is 10.1. The van der Waals surface area contributed by atoms with Crippen molar-refractivity contribution in [1.82, 2.24) is 14.9 Å². The Kier molecular flexibility index (Phi) is 7.09. The maximum atomic E-state index is 10.1. The van der Waals surface area contributed by atoms with Crippen LogP contribution in [0.15, 0.2) is 65.4 Å². The Morgan fingerprint density at radius 1 is 1.06 bits per heavy atom. The number of piperazine rings is 1. The van der Waals surface area contributed by atoms with Gasteiger partial charge in [-0.2, -0.15) is 0 Å². The van der Waals surface area contributed by atoms with Crippen molar-refractivity contribution in [2.75, 3.05) is 24.5 Å². The predicted molar refractivity (Wildman–Crippen MR) is 130 cm³/mol. The van der Waals surface area contributed by atoms with E-state index in [1.165, 1.54) is 5.56 Å². The Balaban J connectivity index is 1.70. The summed E-state index contributed by atoms with van der Waals surface area (Å²) in [5.74, 6) is 1.58. The number of nitrogens with two attached hydrogens (primary N) is 2. The zero-order chi connectivity index (χ0) is 23.5. The van der Waals surface area contributed by atoms with Crippen LogP contribution in [-0.4, -0.2) is 45.7 Å². The quantitative estimate of drug-likeness (QED) is 0.598. The Morgan fingerprint density at radius 2 is 1.75 bits per heavy atom. The van der Waals surface area contributed by atoms with Crippen molar-refractivity contribution in [2.45, 2.75) is 52.7 Å². The Bertz CT molecular complexity index is 976. The summed E-state index contributed by atoms with van der Waals surface area (Å²) >= 11 is 0. The first kappa shape index (κ1) is 23.6. The van der Waals surface area contributed by atoms with Gasteiger partial charge in [0.15, 0.2) is 0 Å². The molecular weight excluding hydrogens is 400 g/mol. The fourth-order valence-corrected chi connectivity index (χ4v) is 3.92. The van der Waals surface area contributed by atoms with Crippen LogP contribution in [0.4, 0.5) is 5.82 Å². The van der Waals surface area contributed by atoms with Gasteiger partial charge >= 0.3 is 0 Å². The van der Waals surface area contributed by atoms with Crippen LogP contribution in [0.25, 0.3) is 0 Å². The molecule has 0 amide bonds. The standard InChI is InChI=1S/C25H36N6O/c1-17-16-30(11-12-31(17)23-15-28-22(14-29-23)25(4,5)32)24(27)19(3)18(2)21(26)13-20-9-7-6-8-10-20/h6-10,14-15,17,32H,11-13,16,26-27H2,1-5H3/b21-18-,24-19+/t17-/m1/s1. The number of rotatable bonds is 6. The highest BCUT2D eigenvalue weighted by Crippen LogP contribution is 2.24. The van der Waals surface area contributed by atoms with Crippen molar-refractivity contribution in [3.05, 3.63) is 76.6 Å². The summed E-state index contributed by atoms with van der Waals surface area (Å²) in [7, 11) is 0. The average molecular weight is 437 g/mol. The third-order valence-electron chi connectivity index (χ3n) is 6.19. The maximum Gasteiger partial charge on any atom is 0.147 e. The maximum absolute atomic E-state index is 10.1. The van der Waals surface area contributed by atoms with Crippen LogP contribution < -0.4 is 16.4 Å². The number of benzene rings is 1. The van der Waals surface area contributed by atoms with Crippen LogP contribution in [0.2, 0.25) is 0 Å². The summed E-state index contributed by atoms with van der Waals surface area (Å²) in [4.78, 5) is 13.4. The molecule has 172 valence electrons. The van der Waals surface area contributed by atoms with E-state index in [1.807, 2.05) is 32.0 Å². The van der Waals surface area contributed by atoms with E-state index in [0.717, 1.165) is 48.1 Å². The molecule has 0 radical (unpaired) electrons. The van der Waals surface area contributed by atoms with E-state index in [0.29, 0.717) is 12.1 Å². The molecule has 7 heteroatoms. The molecule has 1 aliphatic heterocycles. The Labute approximate surface area is 191 Å². The molecule has 1 aromatic carbocycles. The first-order valence-corrected chi connectivity index (χ1v) is 11.1. The van der Waals surface area contributed by atoms with Crippen molar-refractivity contribution >= 4 is 5.82 Å². The van der Waals surface area contributed by atoms with Crippen LogP contribution in [0.1, 0.15) is 45.9 Å². The third-order valence-corrected chi connectivity index (χ3v) is 6.19. The molecule has 32 heavy (non-hydrogen) atoms. The second-order valence-corrected chi connectivity index (χ2v) is 9.13. The van der Waals surface area contributed by atoms with E-state index in [2.05, 4.69) is 38.8 Å². The molecular formula is C25H36N6O. The predicted octanol–water partition coefficient (Wildman–Crippen LogP) is 2.88. The first-order valence-electron chi connectivity index (χ1n) is 11.1. The summed E-state index contributed by atoms with van der Waals surface area (Å²) < 4.78 is 0. The number of aliphatic hydroxyl groups is 1. The molecule has 1 fully saturated rings. The lowest BCUT2D eigenvalue weighted by atomic mass is 10.0. The molecule has 0 unspecified atom stereocenters. The summed E-state index contributed by atoms with van der Waals surface area (Å²) in [6.45, 7) is 12.0. The summed E-state index contributed by atoms with van der Waals surface area (Å²) in [5.41, 5.74) is 16.6. The van der Waals surface area contributed by atoms with Gasteiger partial charge in [0, 0.05) is 37.8 Å². The van der Waals surface area contributed by atoms with Gasteiger partial charge in [-0.15, -0.1) is 0 Å². The minimum Gasteiger partial charge on any atom is -0.402 e. The van der Waals surface area contributed by atoms with E-state index >= 15 is 0 Å². The van der Waals surface area contributed by atoms with Gasteiger partial charge in [-0.05, 0) is 51.3 Å². The highest BCUT2D eigenvalue weighted by molar-refractivity contribution is 5.40. The Morgan fingerprint density at radius 3 is 2.31 bits per heavy atom. The molecule has 0 bridgehead atoms. The van der Waals surface area contributed by atoms with Gasteiger partial charge < -0.3 is 26.4 Å². The SMILES string of the molecule is CC(=C(/N)Cc1ccccc1)/C(C)=C(\N)N1CCN(c2cnc(C(C)(C)O)cn2)[C@H](C)C1. The lowest BCUT2D eigenvalue weighted by Gasteiger charge is -2.42. The van der Waals surface area contributed by atoms with E-state index in [9.17, 15) is 5.11 Å². The van der Waals surface area contributed by atoms with Crippen molar-refractivity contribution in [3.63, 3.8) is 0 Å². The van der Waals surface area contributed by atoms with Crippen molar-refractivity contribution in [1.29, 1.82) is 0 Å². The van der Waals surface area contributed by atoms with Gasteiger partial charge in [-0.1, -0.05) is 30.3 Å². The van der Waals surface area contributed by atoms with Crippen LogP contribution in [-0.2, 0) is 12.0 Å². The second kappa shape index (κ2) is 9.61. The first-order chi connectivity index (χ1) is 15.1. The minimum absolute atomic E-state index is 0.211. The normalized spacial score (nSPS) is 18.9. The van der Waals surface area contributed by atoms with Gasteiger partial charge in [-0.25, -0.2) is 4.98 Å². The van der Waals surface area contributed by atoms with Crippen molar-refractivity contribution in [2.24, 2.45) is 11.5 Å². The lowest BCUT2D eigenvalue weighted by Crippen LogP contribution is -2.53. The molecule has 2 aromatic rings. The largest absolute Gasteiger partial charge is 0.402 e. The molecule has 1 saturated heterocycles. The zero-order valence-corrected chi connectivity index (χ0v) is 19.8. The highest BCUT2D eigenvalue weighted by Gasteiger charge is 2.27. The monoisotopic (exact) mass is 436 g/mol. The lowest BCUT2D eigenvalue weighted by molar-refractivity contribution is 0.0734. The van der Waals surface area contributed by atoms with Gasteiger partial charge in [0.25, 0.3) is 0 Å². The smallest absolute Gasteiger partial charge is 0.147 e. The van der Waals surface area contributed by atoms with Crippen LogP contribution >= 0.6 is 0 Å². The fourth-order valence-electron chi connectivity index (χ4n) is 3.92. The highest BCUT2D eigenvalue weighted by atomic mass is 16.3. The zero-order valence-electron chi connectivity index (χ0n) is 19.8. The number of hydrogen-bond donors (Lipinski definition) is 3. The third kappa shape index (κ3) is 5.40. The van der Waals surface area contributed by atoms with Gasteiger partial charge in [0.05, 0.1) is 18.1 Å². The summed E-state index contributed by atoms with van der Waals surface area (Å²) in [6.07, 6.45) is 4.10. The van der Waals surface area contributed by atoms with E-state index < -0.39 is 5.60 Å². The van der Waals surface area contributed by atoms with Crippen LogP contribution in [0, 0.1) is 0 Å². The molecule has 7 nitrogen and oxygen atoms in total. The fraction of sp³-hybridized carbons (Fsp3) is 0.440. The molecule has 1 atom stereocenters. The Hall–Kier alpha value is -3.06. The van der Waals surface area contributed by atoms with E-state index in [-0.39, 0.29) is 6.04 Å². The molecule has 1 aliphatic rings. The number of hydrogen-bond acceptors (Lipinski definition) is 7. The second-order valence-electron chi connectivity index (χ2n) is 9.13. The average Bonchev–Trinajstić information content (AvgIpc) is 2.77. The van der Waals surface area contributed by atoms with E-state index in [1.54, 1.807) is 26.2 Å². The van der Waals surface area contributed by atoms with Crippen LogP contribution in [0.3, 0.4) is 0 Å². The van der Waals surface area contributed by atoms with Gasteiger partial charge in [0.2, 0.25) is 0 Å². The number of aromatic nitrogens is 2. The van der Waals surface area contributed by atoms with Gasteiger partial charge in [0.1, 0.15) is 17.2 Å². The molecule has 0 aliphatic carbocycles. The molecule has 3 rings (SSSR count). The summed E-state index contributed by atoms with van der Waals surface area (Å²) in [6, 6.07) is 10.4. The molecule has 0 spiro atoms. The van der Waals surface area contributed by atoms with Crippen molar-refractivity contribution in [3.8, 4) is 0 Å². The van der Waals surface area contributed by atoms with Gasteiger partial charge in [-0.3, -0.25) is 4.98 Å². The minimum atomic E-state index is -1.000. The van der Waals surface area contributed by atoms with Crippen LogP contribution in [0.5, 0.6) is 0 Å². The molecule has 1 aromatic heterocycles.